The molecule has 0 saturated carbocycles. The third-order valence-electron chi connectivity index (χ3n) is 1.45. The molecule has 62 valence electrons. The maximum absolute atomic E-state index is 7.75. The van der Waals surface area contributed by atoms with Gasteiger partial charge in [-0.2, -0.15) is 0 Å². The van der Waals surface area contributed by atoms with Gasteiger partial charge in [0.2, 0.25) is 0 Å². The second-order valence-corrected chi connectivity index (χ2v) is 2.19. The zero-order valence-electron chi connectivity index (χ0n) is 13.2. The van der Waals surface area contributed by atoms with Crippen molar-refractivity contribution in [1.29, 1.82) is 0 Å². The van der Waals surface area contributed by atoms with E-state index in [0.717, 1.165) is 10.5 Å². The molecule has 0 unspecified atom stereocenters. The lowest BCUT2D eigenvalue weighted by Gasteiger charge is -2.21. The predicted molar refractivity (Wildman–Crippen MR) is 48.1 cm³/mol. The lowest BCUT2D eigenvalue weighted by atomic mass is 10.2. The third kappa shape index (κ3) is 2.39. The monoisotopic (exact) mass is 159 g/mol. The van der Waals surface area contributed by atoms with Gasteiger partial charge in [-0.15, -0.1) is 0 Å². The Morgan fingerprint density at radius 1 is 1.91 bits per heavy atom. The number of nitrogens with two attached hydrogens (primary N) is 1. The summed E-state index contributed by atoms with van der Waals surface area (Å²) in [5.41, 5.74) is 6.22. The quantitative estimate of drug-likeness (QED) is 0.668. The Bertz CT molecular complexity index is 370. The highest BCUT2D eigenvalue weighted by Gasteiger charge is 2.00. The highest BCUT2D eigenvalue weighted by molar-refractivity contribution is 5.23. The minimum absolute atomic E-state index is 0.0889. The molecule has 0 fully saturated rings. The van der Waals surface area contributed by atoms with Crippen molar-refractivity contribution in [2.75, 3.05) is 19.6 Å². The highest BCUT2D eigenvalue weighted by atomic mass is 15.1. The van der Waals surface area contributed by atoms with Gasteiger partial charge >= 0.3 is 0 Å². The van der Waals surface area contributed by atoms with E-state index in [-0.39, 0.29) is 6.54 Å². The highest BCUT2D eigenvalue weighted by Crippen LogP contribution is 2.05. The third-order valence-corrected chi connectivity index (χ3v) is 1.45. The normalized spacial score (nSPS) is 30.1. The summed E-state index contributed by atoms with van der Waals surface area (Å²) in [5, 5.41) is 0. The first-order valence-electron chi connectivity index (χ1n) is 6.88. The fraction of sp³-hybridized carbons (Fsp3) is 0.556. The van der Waals surface area contributed by atoms with Crippen molar-refractivity contribution in [3.63, 3.8) is 0 Å². The molecule has 0 amide bonds. The summed E-state index contributed by atoms with van der Waals surface area (Å²) in [6.07, 6.45) is 1.56. The Labute approximate surface area is 78.2 Å². The van der Waals surface area contributed by atoms with Gasteiger partial charge in [-0.1, -0.05) is 12.9 Å². The molecule has 2 heteroatoms. The van der Waals surface area contributed by atoms with E-state index < -0.39 is 19.7 Å². The molecule has 2 nitrogen and oxygen atoms in total. The van der Waals surface area contributed by atoms with Crippen LogP contribution >= 0.6 is 0 Å². The van der Waals surface area contributed by atoms with Crippen LogP contribution in [0, 0.1) is 0 Å². The molecule has 0 saturated heterocycles. The van der Waals surface area contributed by atoms with Crippen LogP contribution in [0.1, 0.15) is 22.8 Å². The van der Waals surface area contributed by atoms with Crippen LogP contribution in [0.4, 0.5) is 0 Å². The van der Waals surface area contributed by atoms with Crippen molar-refractivity contribution in [2.45, 2.75) is 13.2 Å². The minimum atomic E-state index is -3.04. The molecule has 0 bridgehead atoms. The van der Waals surface area contributed by atoms with Crippen LogP contribution in [-0.4, -0.2) is 24.5 Å². The second kappa shape index (κ2) is 4.19. The first kappa shape index (κ1) is 2.94. The van der Waals surface area contributed by atoms with Crippen molar-refractivity contribution < 1.29 is 9.60 Å². The van der Waals surface area contributed by atoms with Gasteiger partial charge in [-0.25, -0.2) is 0 Å². The van der Waals surface area contributed by atoms with Crippen LogP contribution in [0.5, 0.6) is 0 Å². The van der Waals surface area contributed by atoms with Gasteiger partial charge in [0.15, 0.2) is 0 Å². The van der Waals surface area contributed by atoms with E-state index in [2.05, 4.69) is 0 Å². The van der Waals surface area contributed by atoms with Gasteiger partial charge in [0.05, 0.1) is 0 Å². The van der Waals surface area contributed by atoms with Crippen LogP contribution in [0.3, 0.4) is 0 Å². The molecule has 2 N–H and O–H groups in total. The molecule has 1 aliphatic heterocycles. The fourth-order valence-electron chi connectivity index (χ4n) is 0.836. The first-order chi connectivity index (χ1) is 8.04. The Kier molecular flexibility index (Phi) is 1.12. The van der Waals surface area contributed by atoms with E-state index in [1.54, 1.807) is 12.2 Å². The summed E-state index contributed by atoms with van der Waals surface area (Å²) in [7, 11) is 0. The van der Waals surface area contributed by atoms with Gasteiger partial charge in [-0.3, -0.25) is 0 Å². The second-order valence-electron chi connectivity index (χ2n) is 2.19. The molecule has 0 spiro atoms. The smallest absolute Gasteiger partial charge is 0.0493 e. The maximum Gasteiger partial charge on any atom is 0.0493 e. The number of rotatable bonds is 3. The van der Waals surface area contributed by atoms with E-state index in [9.17, 15) is 0 Å². The zero-order valence-corrected chi connectivity index (χ0v) is 6.17. The van der Waals surface area contributed by atoms with Crippen molar-refractivity contribution in [2.24, 2.45) is 5.73 Å². The van der Waals surface area contributed by atoms with Gasteiger partial charge in [0, 0.05) is 29.2 Å². The summed E-state index contributed by atoms with van der Waals surface area (Å²) in [4.78, 5) is 1.03. The van der Waals surface area contributed by atoms with E-state index in [1.165, 1.54) is 6.20 Å². The van der Waals surface area contributed by atoms with Gasteiger partial charge in [0.25, 0.3) is 0 Å². The summed E-state index contributed by atoms with van der Waals surface area (Å²) < 4.78 is 51.9. The molecule has 1 heterocycles. The summed E-state index contributed by atoms with van der Waals surface area (Å²) in [6, 6.07) is 0. The minimum Gasteiger partial charge on any atom is -0.374 e. The molecule has 0 aromatic carbocycles. The molecule has 1 aliphatic rings. The van der Waals surface area contributed by atoms with E-state index in [1.807, 2.05) is 0 Å². The van der Waals surface area contributed by atoms with Crippen LogP contribution in [0.2, 0.25) is 0 Å². The zero-order chi connectivity index (χ0) is 14.2. The Morgan fingerprint density at radius 2 is 2.82 bits per heavy atom. The molecule has 0 atom stereocenters. The summed E-state index contributed by atoms with van der Waals surface area (Å²) >= 11 is 0. The largest absolute Gasteiger partial charge is 0.374 e. The Balaban J connectivity index is 2.97. The van der Waals surface area contributed by atoms with E-state index >= 15 is 0 Å². The van der Waals surface area contributed by atoms with Crippen LogP contribution in [0.15, 0.2) is 23.9 Å². The average molecular weight is 159 g/mol. The molecule has 0 aromatic rings. The summed E-state index contributed by atoms with van der Waals surface area (Å²) in [6.45, 7) is -5.28. The molecule has 0 aliphatic carbocycles. The van der Waals surface area contributed by atoms with Gasteiger partial charge < -0.3 is 10.6 Å². The summed E-state index contributed by atoms with van der Waals surface area (Å²) in [5.74, 6) is 0. The lowest BCUT2D eigenvalue weighted by molar-refractivity contribution is 0.409. The van der Waals surface area contributed by atoms with Crippen molar-refractivity contribution in [3.8, 4) is 0 Å². The molecular weight excluding hydrogens is 136 g/mol. The molecule has 1 rings (SSSR count). The molecule has 11 heavy (non-hydrogen) atoms. The standard InChI is InChI=1S/C9H16N2/c1-2-5-11-6-3-9(8-10)4-7-11/h3-4,6H,2,5,7-8,10H2,1H3/i1D3,2D2,5D2. The Hall–Kier alpha value is -0.760. The first-order valence-corrected chi connectivity index (χ1v) is 3.38. The average Bonchev–Trinajstić information content (AvgIpc) is 2.27. The van der Waals surface area contributed by atoms with Crippen LogP contribution < -0.4 is 5.73 Å². The molecule has 0 aromatic heterocycles. The topological polar surface area (TPSA) is 29.3 Å². The molecule has 0 radical (unpaired) electrons. The number of hydrogen-bond donors (Lipinski definition) is 1. The van der Waals surface area contributed by atoms with Crippen molar-refractivity contribution in [1.82, 2.24) is 4.90 Å². The SMILES string of the molecule is [2H]C([2H])([2H])C([2H])([2H])C([2H])([2H])N1C=CC(CN)=CC1. The number of hydrogen-bond acceptors (Lipinski definition) is 2. The molecular formula is C9H16N2. The fourth-order valence-corrected chi connectivity index (χ4v) is 0.836. The predicted octanol–water partition coefficient (Wildman–Crippen LogP) is 1.11. The van der Waals surface area contributed by atoms with Crippen molar-refractivity contribution >= 4 is 0 Å². The van der Waals surface area contributed by atoms with Crippen LogP contribution in [-0.2, 0) is 0 Å². The maximum atomic E-state index is 7.75. The lowest BCUT2D eigenvalue weighted by Crippen LogP contribution is -2.21. The van der Waals surface area contributed by atoms with Gasteiger partial charge in [0.1, 0.15) is 0 Å². The Morgan fingerprint density at radius 3 is 3.36 bits per heavy atom. The number of nitrogens with zero attached hydrogens (tertiary/aromatic N) is 1. The van der Waals surface area contributed by atoms with E-state index in [4.69, 9.17) is 15.3 Å². The van der Waals surface area contributed by atoms with E-state index in [0.29, 0.717) is 6.54 Å². The van der Waals surface area contributed by atoms with Gasteiger partial charge in [-0.05, 0) is 24.2 Å². The van der Waals surface area contributed by atoms with Crippen molar-refractivity contribution in [3.05, 3.63) is 23.9 Å². The van der Waals surface area contributed by atoms with Crippen LogP contribution in [0.25, 0.3) is 0 Å².